The van der Waals surface area contributed by atoms with E-state index in [-0.39, 0.29) is 5.91 Å². The normalized spacial score (nSPS) is 24.2. The third-order valence-corrected chi connectivity index (χ3v) is 2.13. The van der Waals surface area contributed by atoms with Crippen LogP contribution in [0.5, 0.6) is 0 Å². The van der Waals surface area contributed by atoms with Crippen LogP contribution in [-0.2, 0) is 4.79 Å². The molecule has 0 aromatic heterocycles. The molecular formula is C8H16N2O. The molecule has 3 nitrogen and oxygen atoms in total. The third kappa shape index (κ3) is 2.19. The zero-order chi connectivity index (χ0) is 8.27. The van der Waals surface area contributed by atoms with Gasteiger partial charge >= 0.3 is 0 Å². The Labute approximate surface area is 67.8 Å². The van der Waals surface area contributed by atoms with Crippen molar-refractivity contribution in [3.05, 3.63) is 0 Å². The van der Waals surface area contributed by atoms with Crippen molar-refractivity contribution in [2.75, 3.05) is 19.6 Å². The number of likely N-dealkylation sites (N-methyl/N-ethyl adjacent to an activating group) is 1. The molecule has 0 spiro atoms. The summed E-state index contributed by atoms with van der Waals surface area (Å²) in [6.45, 7) is 6.54. The molecule has 64 valence electrons. The predicted octanol–water partition coefficient (Wildman–Crippen LogP) is 0.217. The molecule has 0 radical (unpaired) electrons. The Balaban J connectivity index is 2.29. The highest BCUT2D eigenvalue weighted by atomic mass is 16.2. The van der Waals surface area contributed by atoms with Gasteiger partial charge < -0.3 is 10.2 Å². The van der Waals surface area contributed by atoms with Crippen LogP contribution in [0.1, 0.15) is 20.3 Å². The molecule has 1 rings (SSSR count). The van der Waals surface area contributed by atoms with Gasteiger partial charge in [0.05, 0.1) is 0 Å². The van der Waals surface area contributed by atoms with Crippen molar-refractivity contribution in [1.29, 1.82) is 0 Å². The average Bonchev–Trinajstić information content (AvgIpc) is 2.37. The lowest BCUT2D eigenvalue weighted by molar-refractivity contribution is -0.127. The van der Waals surface area contributed by atoms with Crippen LogP contribution >= 0.6 is 0 Å². The van der Waals surface area contributed by atoms with Crippen LogP contribution in [0.25, 0.3) is 0 Å². The Bertz CT molecular complexity index is 147. The first-order valence-electron chi connectivity index (χ1n) is 4.23. The Morgan fingerprint density at radius 2 is 2.45 bits per heavy atom. The number of carbonyl (C=O) groups excluding carboxylic acids is 1. The standard InChI is InChI=1S/C8H16N2O/c1-3-9-8-4-5-10(6-8)7(2)11/h8-9H,3-6H2,1-2H3/t8-/m1/s1. The molecule has 3 heteroatoms. The van der Waals surface area contributed by atoms with E-state index in [4.69, 9.17) is 0 Å². The van der Waals surface area contributed by atoms with E-state index in [2.05, 4.69) is 12.2 Å². The number of amides is 1. The van der Waals surface area contributed by atoms with E-state index in [1.54, 1.807) is 6.92 Å². The van der Waals surface area contributed by atoms with Gasteiger partial charge in [0.25, 0.3) is 0 Å². The Kier molecular flexibility index (Phi) is 2.88. The number of nitrogens with one attached hydrogen (secondary N) is 1. The van der Waals surface area contributed by atoms with Crippen molar-refractivity contribution >= 4 is 5.91 Å². The molecule has 1 fully saturated rings. The topological polar surface area (TPSA) is 32.3 Å². The minimum absolute atomic E-state index is 0.199. The van der Waals surface area contributed by atoms with Gasteiger partial charge in [0, 0.05) is 26.1 Å². The second-order valence-corrected chi connectivity index (χ2v) is 3.01. The smallest absolute Gasteiger partial charge is 0.219 e. The third-order valence-electron chi connectivity index (χ3n) is 2.13. The summed E-state index contributed by atoms with van der Waals surface area (Å²) in [7, 11) is 0. The van der Waals surface area contributed by atoms with Crippen LogP contribution in [0.2, 0.25) is 0 Å². The molecule has 1 aliphatic heterocycles. The molecule has 1 heterocycles. The molecule has 0 aromatic carbocycles. The van der Waals surface area contributed by atoms with Crippen molar-refractivity contribution < 1.29 is 4.79 Å². The highest BCUT2D eigenvalue weighted by Gasteiger charge is 2.22. The van der Waals surface area contributed by atoms with Gasteiger partial charge in [-0.1, -0.05) is 6.92 Å². The van der Waals surface area contributed by atoms with Gasteiger partial charge in [-0.3, -0.25) is 4.79 Å². The van der Waals surface area contributed by atoms with Gasteiger partial charge in [-0.15, -0.1) is 0 Å². The highest BCUT2D eigenvalue weighted by molar-refractivity contribution is 5.73. The summed E-state index contributed by atoms with van der Waals surface area (Å²) in [4.78, 5) is 12.8. The quantitative estimate of drug-likeness (QED) is 0.620. The number of hydrogen-bond donors (Lipinski definition) is 1. The molecule has 0 aromatic rings. The van der Waals surface area contributed by atoms with E-state index in [9.17, 15) is 4.79 Å². The summed E-state index contributed by atoms with van der Waals surface area (Å²) >= 11 is 0. The zero-order valence-electron chi connectivity index (χ0n) is 7.26. The summed E-state index contributed by atoms with van der Waals surface area (Å²) in [5.74, 6) is 0.199. The van der Waals surface area contributed by atoms with Crippen molar-refractivity contribution in [1.82, 2.24) is 10.2 Å². The molecule has 1 aliphatic rings. The Morgan fingerprint density at radius 3 is 2.91 bits per heavy atom. The van der Waals surface area contributed by atoms with E-state index in [1.807, 2.05) is 4.90 Å². The van der Waals surface area contributed by atoms with E-state index in [0.29, 0.717) is 6.04 Å². The Hall–Kier alpha value is -0.570. The Morgan fingerprint density at radius 1 is 1.73 bits per heavy atom. The van der Waals surface area contributed by atoms with Crippen molar-refractivity contribution in [2.24, 2.45) is 0 Å². The number of rotatable bonds is 2. The number of likely N-dealkylation sites (tertiary alicyclic amines) is 1. The first-order chi connectivity index (χ1) is 5.24. The number of hydrogen-bond acceptors (Lipinski definition) is 2. The maximum Gasteiger partial charge on any atom is 0.219 e. The second kappa shape index (κ2) is 3.72. The van der Waals surface area contributed by atoms with Crippen molar-refractivity contribution in [3.63, 3.8) is 0 Å². The average molecular weight is 156 g/mol. The molecule has 1 atom stereocenters. The summed E-state index contributed by atoms with van der Waals surface area (Å²) < 4.78 is 0. The van der Waals surface area contributed by atoms with E-state index in [1.165, 1.54) is 0 Å². The maximum absolute atomic E-state index is 10.9. The fraction of sp³-hybridized carbons (Fsp3) is 0.875. The minimum Gasteiger partial charge on any atom is -0.341 e. The number of carbonyl (C=O) groups is 1. The first-order valence-corrected chi connectivity index (χ1v) is 4.23. The minimum atomic E-state index is 0.199. The zero-order valence-corrected chi connectivity index (χ0v) is 7.26. The lowest BCUT2D eigenvalue weighted by Gasteiger charge is -2.13. The molecule has 1 amide bonds. The molecule has 1 N–H and O–H groups in total. The summed E-state index contributed by atoms with van der Waals surface area (Å²) in [6.07, 6.45) is 1.10. The molecule has 0 saturated carbocycles. The van der Waals surface area contributed by atoms with Gasteiger partial charge in [0.1, 0.15) is 0 Å². The van der Waals surface area contributed by atoms with Crippen LogP contribution < -0.4 is 5.32 Å². The van der Waals surface area contributed by atoms with E-state index < -0.39 is 0 Å². The fourth-order valence-electron chi connectivity index (χ4n) is 1.50. The van der Waals surface area contributed by atoms with Crippen LogP contribution in [0.3, 0.4) is 0 Å². The number of nitrogens with zero attached hydrogens (tertiary/aromatic N) is 1. The molecule has 1 saturated heterocycles. The highest BCUT2D eigenvalue weighted by Crippen LogP contribution is 2.08. The van der Waals surface area contributed by atoms with Gasteiger partial charge in [-0.05, 0) is 13.0 Å². The second-order valence-electron chi connectivity index (χ2n) is 3.01. The molecule has 0 unspecified atom stereocenters. The molecule has 0 bridgehead atoms. The van der Waals surface area contributed by atoms with E-state index in [0.717, 1.165) is 26.1 Å². The summed E-state index contributed by atoms with van der Waals surface area (Å²) in [5.41, 5.74) is 0. The molecular weight excluding hydrogens is 140 g/mol. The largest absolute Gasteiger partial charge is 0.341 e. The lowest BCUT2D eigenvalue weighted by atomic mass is 10.3. The van der Waals surface area contributed by atoms with Crippen LogP contribution in [0.4, 0.5) is 0 Å². The SMILES string of the molecule is CCN[C@@H]1CCN(C(C)=O)C1. The fourth-order valence-corrected chi connectivity index (χ4v) is 1.50. The van der Waals surface area contributed by atoms with Crippen molar-refractivity contribution in [2.45, 2.75) is 26.3 Å². The monoisotopic (exact) mass is 156 g/mol. The maximum atomic E-state index is 10.9. The van der Waals surface area contributed by atoms with Crippen molar-refractivity contribution in [3.8, 4) is 0 Å². The summed E-state index contributed by atoms with van der Waals surface area (Å²) in [5, 5.41) is 3.34. The van der Waals surface area contributed by atoms with Gasteiger partial charge in [-0.2, -0.15) is 0 Å². The van der Waals surface area contributed by atoms with Crippen LogP contribution in [0.15, 0.2) is 0 Å². The van der Waals surface area contributed by atoms with Gasteiger partial charge in [-0.25, -0.2) is 0 Å². The van der Waals surface area contributed by atoms with Crippen LogP contribution in [0, 0.1) is 0 Å². The first kappa shape index (κ1) is 8.53. The molecule has 0 aliphatic carbocycles. The lowest BCUT2D eigenvalue weighted by Crippen LogP contribution is -2.33. The van der Waals surface area contributed by atoms with Gasteiger partial charge in [0.2, 0.25) is 5.91 Å². The van der Waals surface area contributed by atoms with Gasteiger partial charge in [0.15, 0.2) is 0 Å². The molecule has 11 heavy (non-hydrogen) atoms. The summed E-state index contributed by atoms with van der Waals surface area (Å²) in [6, 6.07) is 0.531. The van der Waals surface area contributed by atoms with Crippen LogP contribution in [-0.4, -0.2) is 36.5 Å². The van der Waals surface area contributed by atoms with E-state index >= 15 is 0 Å². The predicted molar refractivity (Wildman–Crippen MR) is 44.3 cm³/mol.